The first-order chi connectivity index (χ1) is 12.4. The number of carbonyl (C=O) groups is 2. The molecule has 1 unspecified atom stereocenters. The van der Waals surface area contributed by atoms with Crippen molar-refractivity contribution in [3.63, 3.8) is 0 Å². The number of carbonyl (C=O) groups excluding carboxylic acids is 2. The normalized spacial score (nSPS) is 11.5. The molecule has 0 aliphatic heterocycles. The molecular weight excluding hydrogens is 375 g/mol. The lowest BCUT2D eigenvalue weighted by atomic mass is 9.99. The van der Waals surface area contributed by atoms with E-state index in [0.717, 1.165) is 6.42 Å². The number of halogens is 2. The summed E-state index contributed by atoms with van der Waals surface area (Å²) in [7, 11) is 0. The minimum Gasteiger partial charge on any atom is -0.484 e. The zero-order valence-corrected chi connectivity index (χ0v) is 16.0. The molecule has 7 heteroatoms. The molecule has 138 valence electrons. The van der Waals surface area contributed by atoms with Gasteiger partial charge in [-0.15, -0.1) is 0 Å². The van der Waals surface area contributed by atoms with Crippen LogP contribution >= 0.6 is 23.2 Å². The Balaban J connectivity index is 1.80. The van der Waals surface area contributed by atoms with E-state index in [0.29, 0.717) is 21.7 Å². The molecule has 0 aromatic heterocycles. The predicted molar refractivity (Wildman–Crippen MR) is 103 cm³/mol. The number of nitrogens with one attached hydrogen (secondary N) is 2. The summed E-state index contributed by atoms with van der Waals surface area (Å²) in [5.41, 5.74) is 6.02. The largest absolute Gasteiger partial charge is 0.484 e. The van der Waals surface area contributed by atoms with Gasteiger partial charge in [0.25, 0.3) is 11.8 Å². The lowest BCUT2D eigenvalue weighted by molar-refractivity contribution is -0.123. The predicted octanol–water partition coefficient (Wildman–Crippen LogP) is 4.35. The van der Waals surface area contributed by atoms with Crippen LogP contribution in [0.25, 0.3) is 0 Å². The van der Waals surface area contributed by atoms with E-state index in [1.807, 2.05) is 24.3 Å². The molecule has 1 atom stereocenters. The molecule has 0 saturated carbocycles. The van der Waals surface area contributed by atoms with Crippen molar-refractivity contribution in [1.82, 2.24) is 10.9 Å². The number of hydrogen-bond donors (Lipinski definition) is 2. The lowest BCUT2D eigenvalue weighted by Gasteiger charge is -2.11. The van der Waals surface area contributed by atoms with E-state index in [1.165, 1.54) is 23.8 Å². The van der Waals surface area contributed by atoms with Gasteiger partial charge in [0.2, 0.25) is 0 Å². The molecule has 0 fully saturated rings. The Morgan fingerprint density at radius 1 is 1.04 bits per heavy atom. The SMILES string of the molecule is CCC(C)c1ccc(OCC(=O)NNC(=O)c2cc(Cl)cc(Cl)c2)cc1. The highest BCUT2D eigenvalue weighted by molar-refractivity contribution is 6.35. The van der Waals surface area contributed by atoms with E-state index < -0.39 is 11.8 Å². The van der Waals surface area contributed by atoms with Gasteiger partial charge in [0, 0.05) is 15.6 Å². The highest BCUT2D eigenvalue weighted by Crippen LogP contribution is 2.21. The fraction of sp³-hybridized carbons (Fsp3) is 0.263. The van der Waals surface area contributed by atoms with Gasteiger partial charge < -0.3 is 4.74 Å². The Hall–Kier alpha value is -2.24. The first-order valence-electron chi connectivity index (χ1n) is 8.17. The minimum absolute atomic E-state index is 0.223. The minimum atomic E-state index is -0.527. The van der Waals surface area contributed by atoms with Crippen molar-refractivity contribution in [2.75, 3.05) is 6.61 Å². The molecule has 0 saturated heterocycles. The lowest BCUT2D eigenvalue weighted by Crippen LogP contribution is -2.43. The molecule has 0 heterocycles. The van der Waals surface area contributed by atoms with Gasteiger partial charge in [-0.1, -0.05) is 49.2 Å². The molecule has 0 spiro atoms. The first-order valence-corrected chi connectivity index (χ1v) is 8.92. The Morgan fingerprint density at radius 3 is 2.23 bits per heavy atom. The van der Waals surface area contributed by atoms with E-state index in [2.05, 4.69) is 24.7 Å². The zero-order chi connectivity index (χ0) is 19.1. The molecule has 0 aliphatic rings. The monoisotopic (exact) mass is 394 g/mol. The van der Waals surface area contributed by atoms with Crippen molar-refractivity contribution in [1.29, 1.82) is 0 Å². The van der Waals surface area contributed by atoms with Crippen LogP contribution in [0.15, 0.2) is 42.5 Å². The maximum absolute atomic E-state index is 12.0. The molecule has 0 aliphatic carbocycles. The van der Waals surface area contributed by atoms with Crippen molar-refractivity contribution < 1.29 is 14.3 Å². The van der Waals surface area contributed by atoms with Crippen LogP contribution in [0.2, 0.25) is 10.0 Å². The maximum Gasteiger partial charge on any atom is 0.276 e. The highest BCUT2D eigenvalue weighted by atomic mass is 35.5. The van der Waals surface area contributed by atoms with Crippen LogP contribution in [0.5, 0.6) is 5.75 Å². The summed E-state index contributed by atoms with van der Waals surface area (Å²) in [5, 5.41) is 0.663. The Morgan fingerprint density at radius 2 is 1.65 bits per heavy atom. The molecule has 2 aromatic carbocycles. The Labute approximate surface area is 162 Å². The molecule has 5 nitrogen and oxygen atoms in total. The van der Waals surface area contributed by atoms with Crippen LogP contribution in [0.1, 0.15) is 42.1 Å². The number of amides is 2. The molecule has 2 aromatic rings. The van der Waals surface area contributed by atoms with Crippen molar-refractivity contribution in [3.8, 4) is 5.75 Å². The van der Waals surface area contributed by atoms with Crippen molar-refractivity contribution in [2.24, 2.45) is 0 Å². The van der Waals surface area contributed by atoms with Crippen LogP contribution in [0, 0.1) is 0 Å². The van der Waals surface area contributed by atoms with E-state index in [1.54, 1.807) is 0 Å². The summed E-state index contributed by atoms with van der Waals surface area (Å²) in [5.74, 6) is 0.0424. The number of ether oxygens (including phenoxy) is 1. The van der Waals surface area contributed by atoms with Crippen molar-refractivity contribution >= 4 is 35.0 Å². The van der Waals surface area contributed by atoms with Crippen LogP contribution < -0.4 is 15.6 Å². The molecular formula is C19H20Cl2N2O3. The number of rotatable bonds is 6. The van der Waals surface area contributed by atoms with E-state index in [9.17, 15) is 9.59 Å². The average Bonchev–Trinajstić information content (AvgIpc) is 2.63. The fourth-order valence-electron chi connectivity index (χ4n) is 2.20. The Bertz CT molecular complexity index is 759. The van der Waals surface area contributed by atoms with Gasteiger partial charge in [0.15, 0.2) is 6.61 Å². The van der Waals surface area contributed by atoms with Gasteiger partial charge >= 0.3 is 0 Å². The van der Waals surface area contributed by atoms with Gasteiger partial charge in [-0.25, -0.2) is 0 Å². The van der Waals surface area contributed by atoms with Crippen LogP contribution in [0.4, 0.5) is 0 Å². The van der Waals surface area contributed by atoms with Crippen LogP contribution in [-0.2, 0) is 4.79 Å². The third-order valence-corrected chi connectivity index (χ3v) is 4.31. The second-order valence-electron chi connectivity index (χ2n) is 5.83. The van der Waals surface area contributed by atoms with Crippen LogP contribution in [0.3, 0.4) is 0 Å². The summed E-state index contributed by atoms with van der Waals surface area (Å²) in [4.78, 5) is 23.8. The van der Waals surface area contributed by atoms with Crippen LogP contribution in [-0.4, -0.2) is 18.4 Å². The van der Waals surface area contributed by atoms with E-state index >= 15 is 0 Å². The second-order valence-corrected chi connectivity index (χ2v) is 6.70. The molecule has 0 radical (unpaired) electrons. The maximum atomic E-state index is 12.0. The number of benzene rings is 2. The topological polar surface area (TPSA) is 67.4 Å². The van der Waals surface area contributed by atoms with Crippen molar-refractivity contribution in [3.05, 3.63) is 63.6 Å². The van der Waals surface area contributed by atoms with Gasteiger partial charge in [-0.3, -0.25) is 20.4 Å². The molecule has 26 heavy (non-hydrogen) atoms. The van der Waals surface area contributed by atoms with Gasteiger partial charge in [0.1, 0.15) is 5.75 Å². The van der Waals surface area contributed by atoms with E-state index in [-0.39, 0.29) is 12.2 Å². The summed E-state index contributed by atoms with van der Waals surface area (Å²) in [6.07, 6.45) is 1.06. The molecule has 2 rings (SSSR count). The molecule has 0 bridgehead atoms. The summed E-state index contributed by atoms with van der Waals surface area (Å²) in [6.45, 7) is 4.06. The summed E-state index contributed by atoms with van der Waals surface area (Å²) >= 11 is 11.7. The molecule has 2 amide bonds. The summed E-state index contributed by atoms with van der Waals surface area (Å²) < 4.78 is 5.41. The summed E-state index contributed by atoms with van der Waals surface area (Å²) in [6, 6.07) is 12.0. The number of hydrogen-bond acceptors (Lipinski definition) is 3. The average molecular weight is 395 g/mol. The van der Waals surface area contributed by atoms with Gasteiger partial charge in [-0.05, 0) is 48.2 Å². The molecule has 2 N–H and O–H groups in total. The second kappa shape index (κ2) is 9.46. The first kappa shape index (κ1) is 20.1. The Kier molecular flexibility index (Phi) is 7.30. The van der Waals surface area contributed by atoms with Gasteiger partial charge in [-0.2, -0.15) is 0 Å². The smallest absolute Gasteiger partial charge is 0.276 e. The zero-order valence-electron chi connectivity index (χ0n) is 14.5. The third-order valence-electron chi connectivity index (χ3n) is 3.87. The fourth-order valence-corrected chi connectivity index (χ4v) is 2.72. The van der Waals surface area contributed by atoms with E-state index in [4.69, 9.17) is 27.9 Å². The van der Waals surface area contributed by atoms with Gasteiger partial charge in [0.05, 0.1) is 0 Å². The number of hydrazine groups is 1. The highest BCUT2D eigenvalue weighted by Gasteiger charge is 2.10. The standard InChI is InChI=1S/C19H20Cl2N2O3/c1-3-12(2)13-4-6-17(7-5-13)26-11-18(24)22-23-19(25)14-8-15(20)10-16(21)9-14/h4-10,12H,3,11H2,1-2H3,(H,22,24)(H,23,25). The quantitative estimate of drug-likeness (QED) is 0.715. The van der Waals surface area contributed by atoms with Crippen molar-refractivity contribution in [2.45, 2.75) is 26.2 Å². The third kappa shape index (κ3) is 5.93.